The molecule has 1 saturated heterocycles. The van der Waals surface area contributed by atoms with Crippen molar-refractivity contribution in [2.75, 3.05) is 20.4 Å². The Balaban J connectivity index is 1.61. The molecule has 0 radical (unpaired) electrons. The van der Waals surface area contributed by atoms with Crippen LogP contribution in [0.25, 0.3) is 10.9 Å². The highest BCUT2D eigenvalue weighted by Crippen LogP contribution is 2.46. The van der Waals surface area contributed by atoms with Crippen LogP contribution in [0, 0.1) is 0 Å². The molecule has 0 spiro atoms. The molecular formula is C22H19N3O4. The van der Waals surface area contributed by atoms with Crippen LogP contribution in [0.3, 0.4) is 0 Å². The molecule has 29 heavy (non-hydrogen) atoms. The molecule has 2 atom stereocenters. The summed E-state index contributed by atoms with van der Waals surface area (Å²) < 4.78 is 11.2. The number of amides is 2. The standard InChI is InChI=1S/C22H19N3O4/c1-24-10-20(26)25-17(22(24)27)6-12-7-18-19(29-11-28-18)8-14(12)21(25)15-9-23-16-5-3-2-4-13(15)16/h2-5,7-9,17,21,23H,6,10-11H2,1H3. The maximum atomic E-state index is 13.1. The normalized spacial score (nSPS) is 22.8. The highest BCUT2D eigenvalue weighted by molar-refractivity contribution is 5.97. The molecule has 2 unspecified atom stereocenters. The zero-order valence-corrected chi connectivity index (χ0v) is 15.8. The molecule has 0 saturated carbocycles. The highest BCUT2D eigenvalue weighted by atomic mass is 16.7. The summed E-state index contributed by atoms with van der Waals surface area (Å²) in [6.45, 7) is 0.276. The van der Waals surface area contributed by atoms with E-state index in [0.29, 0.717) is 17.9 Å². The van der Waals surface area contributed by atoms with Crippen molar-refractivity contribution in [2.24, 2.45) is 0 Å². The fourth-order valence-corrected chi connectivity index (χ4v) is 4.85. The summed E-state index contributed by atoms with van der Waals surface area (Å²) >= 11 is 0. The summed E-state index contributed by atoms with van der Waals surface area (Å²) in [6.07, 6.45) is 2.42. The van der Waals surface area contributed by atoms with Gasteiger partial charge in [0.25, 0.3) is 0 Å². The van der Waals surface area contributed by atoms with E-state index in [0.717, 1.165) is 27.6 Å². The van der Waals surface area contributed by atoms with E-state index in [9.17, 15) is 9.59 Å². The number of rotatable bonds is 1. The predicted octanol–water partition coefficient (Wildman–Crippen LogP) is 2.21. The number of fused-ring (bicyclic) bond motifs is 4. The Hall–Kier alpha value is -3.48. The molecule has 2 amide bonds. The number of hydrogen-bond acceptors (Lipinski definition) is 4. The molecule has 146 valence electrons. The first kappa shape index (κ1) is 16.5. The van der Waals surface area contributed by atoms with Gasteiger partial charge in [-0.15, -0.1) is 0 Å². The lowest BCUT2D eigenvalue weighted by atomic mass is 9.82. The van der Waals surface area contributed by atoms with E-state index in [1.807, 2.05) is 42.6 Å². The van der Waals surface area contributed by atoms with Crippen molar-refractivity contribution in [1.29, 1.82) is 0 Å². The van der Waals surface area contributed by atoms with Gasteiger partial charge in [-0.2, -0.15) is 0 Å². The number of ether oxygens (including phenoxy) is 2. The molecule has 0 aliphatic carbocycles. The number of piperazine rings is 1. The van der Waals surface area contributed by atoms with Crippen LogP contribution in [-0.4, -0.2) is 53.0 Å². The maximum Gasteiger partial charge on any atom is 0.245 e. The molecule has 0 bridgehead atoms. The summed E-state index contributed by atoms with van der Waals surface area (Å²) in [5.41, 5.74) is 3.99. The minimum Gasteiger partial charge on any atom is -0.454 e. The van der Waals surface area contributed by atoms with Crippen LogP contribution in [-0.2, 0) is 16.0 Å². The maximum absolute atomic E-state index is 13.1. The van der Waals surface area contributed by atoms with Gasteiger partial charge in [0.15, 0.2) is 11.5 Å². The van der Waals surface area contributed by atoms with Crippen LogP contribution in [0.15, 0.2) is 42.6 Å². The fourth-order valence-electron chi connectivity index (χ4n) is 4.85. The van der Waals surface area contributed by atoms with Crippen molar-refractivity contribution in [1.82, 2.24) is 14.8 Å². The number of carbonyl (C=O) groups excluding carboxylic acids is 2. The number of aromatic amines is 1. The second-order valence-electron chi connectivity index (χ2n) is 7.81. The van der Waals surface area contributed by atoms with Crippen molar-refractivity contribution >= 4 is 22.7 Å². The average Bonchev–Trinajstić information content (AvgIpc) is 3.35. The zero-order valence-electron chi connectivity index (χ0n) is 15.8. The number of carbonyl (C=O) groups is 2. The Morgan fingerprint density at radius 2 is 1.86 bits per heavy atom. The number of nitrogens with zero attached hydrogens (tertiary/aromatic N) is 2. The van der Waals surface area contributed by atoms with E-state index in [4.69, 9.17) is 9.47 Å². The molecular weight excluding hydrogens is 370 g/mol. The van der Waals surface area contributed by atoms with Gasteiger partial charge in [-0.1, -0.05) is 18.2 Å². The van der Waals surface area contributed by atoms with E-state index < -0.39 is 6.04 Å². The smallest absolute Gasteiger partial charge is 0.245 e. The summed E-state index contributed by atoms with van der Waals surface area (Å²) in [4.78, 5) is 32.7. The minimum absolute atomic E-state index is 0.0299. The van der Waals surface area contributed by atoms with Gasteiger partial charge in [-0.05, 0) is 29.3 Å². The van der Waals surface area contributed by atoms with Crippen LogP contribution >= 0.6 is 0 Å². The van der Waals surface area contributed by atoms with Crippen LogP contribution < -0.4 is 9.47 Å². The van der Waals surface area contributed by atoms with E-state index in [2.05, 4.69) is 4.98 Å². The van der Waals surface area contributed by atoms with Gasteiger partial charge in [0.2, 0.25) is 18.6 Å². The summed E-state index contributed by atoms with van der Waals surface area (Å²) in [7, 11) is 1.69. The highest BCUT2D eigenvalue weighted by Gasteiger charge is 2.47. The number of benzene rings is 2. The van der Waals surface area contributed by atoms with Crippen LogP contribution in [0.1, 0.15) is 22.7 Å². The molecule has 6 rings (SSSR count). The molecule has 1 N–H and O–H groups in total. The summed E-state index contributed by atoms with van der Waals surface area (Å²) in [6, 6.07) is 11.1. The lowest BCUT2D eigenvalue weighted by Crippen LogP contribution is -2.62. The van der Waals surface area contributed by atoms with E-state index in [1.165, 1.54) is 4.90 Å². The van der Waals surface area contributed by atoms with Crippen molar-refractivity contribution in [3.05, 3.63) is 59.3 Å². The third-order valence-electron chi connectivity index (χ3n) is 6.19. The Kier molecular flexibility index (Phi) is 3.27. The van der Waals surface area contributed by atoms with Gasteiger partial charge in [0.05, 0.1) is 12.6 Å². The quantitative estimate of drug-likeness (QED) is 0.693. The molecule has 1 fully saturated rings. The summed E-state index contributed by atoms with van der Waals surface area (Å²) in [5.74, 6) is 1.30. The van der Waals surface area contributed by atoms with Crippen molar-refractivity contribution < 1.29 is 19.1 Å². The Morgan fingerprint density at radius 1 is 1.07 bits per heavy atom. The van der Waals surface area contributed by atoms with Gasteiger partial charge in [0, 0.05) is 36.1 Å². The monoisotopic (exact) mass is 389 g/mol. The molecule has 3 aromatic rings. The number of para-hydroxylation sites is 1. The number of aromatic nitrogens is 1. The lowest BCUT2D eigenvalue weighted by molar-refractivity contribution is -0.157. The SMILES string of the molecule is CN1CC(=O)N2C(Cc3cc4c(cc3C2c2c[nH]c3ccccc23)OCO4)C1=O. The van der Waals surface area contributed by atoms with E-state index >= 15 is 0 Å². The average molecular weight is 389 g/mol. The first-order valence-electron chi connectivity index (χ1n) is 9.66. The Morgan fingerprint density at radius 3 is 2.72 bits per heavy atom. The molecule has 3 aliphatic rings. The number of likely N-dealkylation sites (N-methyl/N-ethyl adjacent to an activating group) is 1. The predicted molar refractivity (Wildman–Crippen MR) is 105 cm³/mol. The molecule has 4 heterocycles. The largest absolute Gasteiger partial charge is 0.454 e. The van der Waals surface area contributed by atoms with E-state index in [1.54, 1.807) is 11.9 Å². The molecule has 1 aromatic heterocycles. The Bertz CT molecular complexity index is 1180. The van der Waals surface area contributed by atoms with Gasteiger partial charge in [0.1, 0.15) is 6.04 Å². The van der Waals surface area contributed by atoms with Crippen LogP contribution in [0.4, 0.5) is 0 Å². The molecule has 3 aliphatic heterocycles. The van der Waals surface area contributed by atoms with Gasteiger partial charge < -0.3 is 24.3 Å². The van der Waals surface area contributed by atoms with Crippen LogP contribution in [0.2, 0.25) is 0 Å². The number of nitrogens with one attached hydrogen (secondary N) is 1. The molecule has 7 nitrogen and oxygen atoms in total. The number of hydrogen-bond donors (Lipinski definition) is 1. The summed E-state index contributed by atoms with van der Waals surface area (Å²) in [5, 5.41) is 1.04. The van der Waals surface area contributed by atoms with Gasteiger partial charge >= 0.3 is 0 Å². The number of H-pyrrole nitrogens is 1. The Labute approximate surface area is 166 Å². The second kappa shape index (κ2) is 5.76. The molecule has 2 aromatic carbocycles. The third kappa shape index (κ3) is 2.24. The topological polar surface area (TPSA) is 74.9 Å². The first-order valence-corrected chi connectivity index (χ1v) is 9.66. The second-order valence-corrected chi connectivity index (χ2v) is 7.81. The third-order valence-corrected chi connectivity index (χ3v) is 6.19. The lowest BCUT2D eigenvalue weighted by Gasteiger charge is -2.47. The zero-order chi connectivity index (χ0) is 19.7. The van der Waals surface area contributed by atoms with Crippen molar-refractivity contribution in [3.63, 3.8) is 0 Å². The van der Waals surface area contributed by atoms with Crippen molar-refractivity contribution in [3.8, 4) is 11.5 Å². The van der Waals surface area contributed by atoms with Crippen LogP contribution in [0.5, 0.6) is 11.5 Å². The van der Waals surface area contributed by atoms with Crippen molar-refractivity contribution in [2.45, 2.75) is 18.5 Å². The fraction of sp³-hybridized carbons (Fsp3) is 0.273. The van der Waals surface area contributed by atoms with Gasteiger partial charge in [-0.3, -0.25) is 9.59 Å². The van der Waals surface area contributed by atoms with E-state index in [-0.39, 0.29) is 31.2 Å². The minimum atomic E-state index is -0.521. The first-order chi connectivity index (χ1) is 14.1. The van der Waals surface area contributed by atoms with Gasteiger partial charge in [-0.25, -0.2) is 0 Å². The molecule has 7 heteroatoms.